The number of nitrogens with one attached hydrogen (secondary N) is 1. The van der Waals surface area contributed by atoms with Crippen molar-refractivity contribution >= 4 is 11.0 Å². The number of para-hydroxylation sites is 2. The second-order valence-electron chi connectivity index (χ2n) is 5.32. The summed E-state index contributed by atoms with van der Waals surface area (Å²) in [6.45, 7) is 0. The van der Waals surface area contributed by atoms with Gasteiger partial charge in [-0.15, -0.1) is 0 Å². The minimum absolute atomic E-state index is 0.547. The summed E-state index contributed by atoms with van der Waals surface area (Å²) in [5.74, 6) is 0.708. The number of alkyl halides is 3. The van der Waals surface area contributed by atoms with Crippen molar-refractivity contribution in [3.8, 4) is 17.1 Å². The maximum atomic E-state index is 12.6. The fourth-order valence-electron chi connectivity index (χ4n) is 2.47. The van der Waals surface area contributed by atoms with Crippen LogP contribution in [0.1, 0.15) is 5.56 Å². The molecule has 1 N–H and O–H groups in total. The third kappa shape index (κ3) is 2.54. The van der Waals surface area contributed by atoms with Crippen molar-refractivity contribution in [2.45, 2.75) is 6.18 Å². The SMILES string of the molecule is FC(F)(F)c1cnn(-c2ccc(-c3nc4ccccc4[nH]3)cc2)c1. The van der Waals surface area contributed by atoms with Gasteiger partial charge in [0.05, 0.1) is 28.5 Å². The van der Waals surface area contributed by atoms with Crippen LogP contribution in [0.3, 0.4) is 0 Å². The molecule has 24 heavy (non-hydrogen) atoms. The molecule has 0 radical (unpaired) electrons. The van der Waals surface area contributed by atoms with Crippen molar-refractivity contribution in [2.75, 3.05) is 0 Å². The van der Waals surface area contributed by atoms with Crippen molar-refractivity contribution in [1.29, 1.82) is 0 Å². The van der Waals surface area contributed by atoms with E-state index in [9.17, 15) is 13.2 Å². The summed E-state index contributed by atoms with van der Waals surface area (Å²) in [6, 6.07) is 14.7. The van der Waals surface area contributed by atoms with Crippen molar-refractivity contribution in [3.63, 3.8) is 0 Å². The average Bonchev–Trinajstić information content (AvgIpc) is 3.21. The number of aromatic amines is 1. The zero-order valence-corrected chi connectivity index (χ0v) is 12.2. The van der Waals surface area contributed by atoms with Crippen LogP contribution in [0.2, 0.25) is 0 Å². The lowest BCUT2D eigenvalue weighted by molar-refractivity contribution is -0.137. The van der Waals surface area contributed by atoms with Crippen molar-refractivity contribution < 1.29 is 13.2 Å². The molecule has 0 spiro atoms. The van der Waals surface area contributed by atoms with E-state index in [-0.39, 0.29) is 0 Å². The first kappa shape index (κ1) is 14.5. The van der Waals surface area contributed by atoms with Crippen LogP contribution in [0.5, 0.6) is 0 Å². The normalized spacial score (nSPS) is 12.0. The van der Waals surface area contributed by atoms with E-state index in [1.807, 2.05) is 24.3 Å². The first-order valence-electron chi connectivity index (χ1n) is 7.18. The van der Waals surface area contributed by atoms with E-state index < -0.39 is 11.7 Å². The minimum atomic E-state index is -4.40. The van der Waals surface area contributed by atoms with Gasteiger partial charge in [-0.05, 0) is 36.4 Å². The average molecular weight is 328 g/mol. The lowest BCUT2D eigenvalue weighted by Gasteiger charge is -2.03. The summed E-state index contributed by atoms with van der Waals surface area (Å²) in [5.41, 5.74) is 2.41. The number of H-pyrrole nitrogens is 1. The Balaban J connectivity index is 1.66. The zero-order valence-electron chi connectivity index (χ0n) is 12.2. The summed E-state index contributed by atoms with van der Waals surface area (Å²) >= 11 is 0. The van der Waals surface area contributed by atoms with Crippen LogP contribution in [0.25, 0.3) is 28.1 Å². The van der Waals surface area contributed by atoms with Crippen LogP contribution in [0.4, 0.5) is 13.2 Å². The molecule has 0 aliphatic rings. The highest BCUT2D eigenvalue weighted by atomic mass is 19.4. The molecule has 0 saturated heterocycles. The molecule has 2 heterocycles. The number of halogens is 3. The molecular formula is C17H11F3N4. The predicted molar refractivity (Wildman–Crippen MR) is 83.7 cm³/mol. The quantitative estimate of drug-likeness (QED) is 0.591. The molecule has 4 aromatic rings. The Bertz CT molecular complexity index is 964. The Labute approximate surface area is 134 Å². The van der Waals surface area contributed by atoms with Crippen LogP contribution in [-0.4, -0.2) is 19.7 Å². The van der Waals surface area contributed by atoms with Crippen molar-refractivity contribution in [2.24, 2.45) is 0 Å². The van der Waals surface area contributed by atoms with Gasteiger partial charge in [0, 0.05) is 11.8 Å². The van der Waals surface area contributed by atoms with E-state index in [0.717, 1.165) is 29.0 Å². The molecule has 0 bridgehead atoms. The highest BCUT2D eigenvalue weighted by molar-refractivity contribution is 5.79. The standard InChI is InChI=1S/C17H11F3N4/c18-17(19,20)12-9-21-24(10-12)13-7-5-11(6-8-13)16-22-14-3-1-2-4-15(14)23-16/h1-10H,(H,22,23). The lowest BCUT2D eigenvalue weighted by atomic mass is 10.2. The summed E-state index contributed by atoms with van der Waals surface area (Å²) in [5, 5.41) is 3.76. The number of hydrogen-bond acceptors (Lipinski definition) is 2. The van der Waals surface area contributed by atoms with Gasteiger partial charge >= 0.3 is 6.18 Å². The maximum Gasteiger partial charge on any atom is 0.419 e. The van der Waals surface area contributed by atoms with Gasteiger partial charge in [-0.2, -0.15) is 18.3 Å². The molecule has 4 nitrogen and oxygen atoms in total. The van der Waals surface area contributed by atoms with Crippen LogP contribution in [0, 0.1) is 0 Å². The third-order valence-electron chi connectivity index (χ3n) is 3.70. The van der Waals surface area contributed by atoms with Crippen molar-refractivity contribution in [1.82, 2.24) is 19.7 Å². The van der Waals surface area contributed by atoms with Gasteiger partial charge in [-0.3, -0.25) is 0 Å². The van der Waals surface area contributed by atoms with Gasteiger partial charge in [-0.25, -0.2) is 9.67 Å². The first-order valence-corrected chi connectivity index (χ1v) is 7.18. The second-order valence-corrected chi connectivity index (χ2v) is 5.32. The summed E-state index contributed by atoms with van der Waals surface area (Å²) in [7, 11) is 0. The Hall–Kier alpha value is -3.09. The highest BCUT2D eigenvalue weighted by Gasteiger charge is 2.32. The Morgan fingerprint density at radius 3 is 2.38 bits per heavy atom. The topological polar surface area (TPSA) is 46.5 Å². The number of rotatable bonds is 2. The van der Waals surface area contributed by atoms with E-state index in [0.29, 0.717) is 11.5 Å². The fourth-order valence-corrected chi connectivity index (χ4v) is 2.47. The number of hydrogen-bond donors (Lipinski definition) is 1. The molecule has 0 aliphatic carbocycles. The number of fused-ring (bicyclic) bond motifs is 1. The maximum absolute atomic E-state index is 12.6. The molecule has 0 fully saturated rings. The van der Waals surface area contributed by atoms with Crippen molar-refractivity contribution in [3.05, 3.63) is 66.5 Å². The first-order chi connectivity index (χ1) is 11.5. The largest absolute Gasteiger partial charge is 0.419 e. The molecule has 120 valence electrons. The van der Waals surface area contributed by atoms with Gasteiger partial charge in [-0.1, -0.05) is 12.1 Å². The van der Waals surface area contributed by atoms with Crippen LogP contribution in [0.15, 0.2) is 60.9 Å². The van der Waals surface area contributed by atoms with Crippen LogP contribution >= 0.6 is 0 Å². The van der Waals surface area contributed by atoms with Gasteiger partial charge in [0.25, 0.3) is 0 Å². The zero-order chi connectivity index (χ0) is 16.7. The third-order valence-corrected chi connectivity index (χ3v) is 3.70. The van der Waals surface area contributed by atoms with Gasteiger partial charge in [0.2, 0.25) is 0 Å². The van der Waals surface area contributed by atoms with E-state index in [1.54, 1.807) is 24.3 Å². The van der Waals surface area contributed by atoms with Gasteiger partial charge in [0.15, 0.2) is 0 Å². The van der Waals surface area contributed by atoms with E-state index in [2.05, 4.69) is 15.1 Å². The second kappa shape index (κ2) is 5.23. The Kier molecular flexibility index (Phi) is 3.16. The van der Waals surface area contributed by atoms with Gasteiger partial charge < -0.3 is 4.98 Å². The minimum Gasteiger partial charge on any atom is -0.338 e. The molecule has 4 rings (SSSR count). The van der Waals surface area contributed by atoms with Gasteiger partial charge in [0.1, 0.15) is 5.82 Å². The molecular weight excluding hydrogens is 317 g/mol. The molecule has 0 aliphatic heterocycles. The lowest BCUT2D eigenvalue weighted by Crippen LogP contribution is -2.02. The molecule has 2 aromatic heterocycles. The molecule has 0 saturated carbocycles. The molecule has 2 aromatic carbocycles. The Morgan fingerprint density at radius 2 is 1.71 bits per heavy atom. The predicted octanol–water partition coefficient (Wildman–Crippen LogP) is 4.43. The van der Waals surface area contributed by atoms with Crippen LogP contribution < -0.4 is 0 Å². The highest BCUT2D eigenvalue weighted by Crippen LogP contribution is 2.29. The number of imidazole rings is 1. The number of aromatic nitrogens is 4. The van der Waals surface area contributed by atoms with E-state index in [1.165, 1.54) is 4.68 Å². The summed E-state index contributed by atoms with van der Waals surface area (Å²) in [6.07, 6.45) is -2.62. The molecule has 0 atom stereocenters. The van der Waals surface area contributed by atoms with Crippen LogP contribution in [-0.2, 0) is 6.18 Å². The monoisotopic (exact) mass is 328 g/mol. The fraction of sp³-hybridized carbons (Fsp3) is 0.0588. The molecule has 0 amide bonds. The summed E-state index contributed by atoms with van der Waals surface area (Å²) in [4.78, 5) is 7.71. The summed E-state index contributed by atoms with van der Waals surface area (Å²) < 4.78 is 39.1. The molecule has 0 unspecified atom stereocenters. The smallest absolute Gasteiger partial charge is 0.338 e. The Morgan fingerprint density at radius 1 is 0.958 bits per heavy atom. The number of benzene rings is 2. The number of nitrogens with zero attached hydrogens (tertiary/aromatic N) is 3. The van der Waals surface area contributed by atoms with E-state index in [4.69, 9.17) is 0 Å². The van der Waals surface area contributed by atoms with E-state index >= 15 is 0 Å². The molecule has 7 heteroatoms.